The molecule has 1 aliphatic heterocycles. The summed E-state index contributed by atoms with van der Waals surface area (Å²) >= 11 is 0. The van der Waals surface area contributed by atoms with Crippen molar-refractivity contribution in [3.8, 4) is 0 Å². The second kappa shape index (κ2) is 4.55. The Morgan fingerprint density at radius 3 is 3.19 bits per heavy atom. The molecule has 1 atom stereocenters. The van der Waals surface area contributed by atoms with Crippen molar-refractivity contribution in [1.82, 2.24) is 15.1 Å². The van der Waals surface area contributed by atoms with Gasteiger partial charge in [0.05, 0.1) is 0 Å². The largest absolute Gasteiger partial charge is 0.382 e. The first-order valence-electron chi connectivity index (χ1n) is 5.81. The summed E-state index contributed by atoms with van der Waals surface area (Å²) in [5.74, 6) is 1.05. The van der Waals surface area contributed by atoms with Crippen LogP contribution in [0.15, 0.2) is 6.07 Å². The van der Waals surface area contributed by atoms with Crippen LogP contribution in [-0.2, 0) is 0 Å². The fourth-order valence-corrected chi connectivity index (χ4v) is 2.28. The van der Waals surface area contributed by atoms with Crippen LogP contribution in [0, 0.1) is 5.92 Å². The van der Waals surface area contributed by atoms with Crippen LogP contribution in [0.4, 0.5) is 5.82 Å². The molecule has 1 aromatic heterocycles. The standard InChI is InChI=1S/C11H18N4O/c1-2-3-8-4-5-15(7-8)11(16)9-6-10(12)14-13-9/h6,8H,2-5,7H2,1H3,(H3,12,13,14). The summed E-state index contributed by atoms with van der Waals surface area (Å²) in [5.41, 5.74) is 5.97. The Kier molecular flexibility index (Phi) is 3.12. The first-order chi connectivity index (χ1) is 7.70. The Bertz CT molecular complexity index is 374. The zero-order chi connectivity index (χ0) is 11.5. The molecule has 88 valence electrons. The Balaban J connectivity index is 1.97. The highest BCUT2D eigenvalue weighted by molar-refractivity contribution is 5.93. The molecular weight excluding hydrogens is 204 g/mol. The zero-order valence-electron chi connectivity index (χ0n) is 9.57. The number of amides is 1. The van der Waals surface area contributed by atoms with Crippen LogP contribution in [0.25, 0.3) is 0 Å². The molecule has 2 rings (SSSR count). The van der Waals surface area contributed by atoms with Crippen molar-refractivity contribution < 1.29 is 4.79 Å². The van der Waals surface area contributed by atoms with Crippen molar-refractivity contribution in [2.75, 3.05) is 18.8 Å². The number of nitrogens with zero attached hydrogens (tertiary/aromatic N) is 2. The van der Waals surface area contributed by atoms with E-state index in [0.717, 1.165) is 19.5 Å². The predicted octanol–water partition coefficient (Wildman–Crippen LogP) is 1.25. The third kappa shape index (κ3) is 2.18. The summed E-state index contributed by atoms with van der Waals surface area (Å²) < 4.78 is 0. The van der Waals surface area contributed by atoms with E-state index in [0.29, 0.717) is 17.4 Å². The van der Waals surface area contributed by atoms with E-state index in [1.54, 1.807) is 6.07 Å². The normalized spacial score (nSPS) is 20.3. The van der Waals surface area contributed by atoms with Gasteiger partial charge < -0.3 is 10.6 Å². The molecule has 0 aromatic carbocycles. The number of aromatic nitrogens is 2. The quantitative estimate of drug-likeness (QED) is 0.808. The van der Waals surface area contributed by atoms with E-state index >= 15 is 0 Å². The molecule has 0 bridgehead atoms. The molecule has 2 heterocycles. The number of nitrogen functional groups attached to an aromatic ring is 1. The minimum Gasteiger partial charge on any atom is -0.382 e. The van der Waals surface area contributed by atoms with E-state index < -0.39 is 0 Å². The lowest BCUT2D eigenvalue weighted by atomic mass is 10.0. The second-order valence-corrected chi connectivity index (χ2v) is 4.40. The van der Waals surface area contributed by atoms with Gasteiger partial charge in [0.1, 0.15) is 11.5 Å². The van der Waals surface area contributed by atoms with Gasteiger partial charge in [0, 0.05) is 19.2 Å². The maximum Gasteiger partial charge on any atom is 0.271 e. The zero-order valence-corrected chi connectivity index (χ0v) is 9.57. The van der Waals surface area contributed by atoms with Crippen LogP contribution >= 0.6 is 0 Å². The lowest BCUT2D eigenvalue weighted by Gasteiger charge is -2.14. The number of aromatic amines is 1. The highest BCUT2D eigenvalue weighted by atomic mass is 16.2. The van der Waals surface area contributed by atoms with Crippen molar-refractivity contribution in [2.45, 2.75) is 26.2 Å². The molecule has 1 unspecified atom stereocenters. The molecule has 1 aliphatic rings. The second-order valence-electron chi connectivity index (χ2n) is 4.40. The lowest BCUT2D eigenvalue weighted by Crippen LogP contribution is -2.29. The van der Waals surface area contributed by atoms with Gasteiger partial charge in [-0.1, -0.05) is 13.3 Å². The SMILES string of the molecule is CCCC1CCN(C(=O)c2cc(N)n[nH]2)C1. The number of anilines is 1. The van der Waals surface area contributed by atoms with Crippen molar-refractivity contribution in [3.05, 3.63) is 11.8 Å². The van der Waals surface area contributed by atoms with E-state index in [2.05, 4.69) is 17.1 Å². The molecule has 1 aromatic rings. The van der Waals surface area contributed by atoms with Crippen molar-refractivity contribution in [2.24, 2.45) is 5.92 Å². The Morgan fingerprint density at radius 1 is 1.75 bits per heavy atom. The van der Waals surface area contributed by atoms with E-state index in [1.807, 2.05) is 4.90 Å². The average molecular weight is 222 g/mol. The van der Waals surface area contributed by atoms with Gasteiger partial charge >= 0.3 is 0 Å². The van der Waals surface area contributed by atoms with Crippen molar-refractivity contribution in [1.29, 1.82) is 0 Å². The maximum atomic E-state index is 12.0. The van der Waals surface area contributed by atoms with E-state index in [4.69, 9.17) is 5.73 Å². The molecule has 3 N–H and O–H groups in total. The fraction of sp³-hybridized carbons (Fsp3) is 0.636. The number of nitrogens with one attached hydrogen (secondary N) is 1. The first-order valence-corrected chi connectivity index (χ1v) is 5.81. The average Bonchev–Trinajstić information content (AvgIpc) is 2.87. The topological polar surface area (TPSA) is 75.0 Å². The van der Waals surface area contributed by atoms with Crippen LogP contribution in [0.5, 0.6) is 0 Å². The number of nitrogens with two attached hydrogens (primary N) is 1. The van der Waals surface area contributed by atoms with Crippen LogP contribution in [0.2, 0.25) is 0 Å². The molecule has 1 amide bonds. The number of hydrogen-bond donors (Lipinski definition) is 2. The maximum absolute atomic E-state index is 12.0. The van der Waals surface area contributed by atoms with Crippen LogP contribution in [-0.4, -0.2) is 34.1 Å². The van der Waals surface area contributed by atoms with Gasteiger partial charge in [0.15, 0.2) is 0 Å². The molecule has 5 nitrogen and oxygen atoms in total. The molecule has 0 spiro atoms. The van der Waals surface area contributed by atoms with Gasteiger partial charge in [-0.15, -0.1) is 0 Å². The summed E-state index contributed by atoms with van der Waals surface area (Å²) in [7, 11) is 0. The molecule has 16 heavy (non-hydrogen) atoms. The highest BCUT2D eigenvalue weighted by Crippen LogP contribution is 2.22. The number of rotatable bonds is 3. The van der Waals surface area contributed by atoms with E-state index in [9.17, 15) is 4.79 Å². The number of hydrogen-bond acceptors (Lipinski definition) is 3. The molecule has 1 saturated heterocycles. The summed E-state index contributed by atoms with van der Waals surface area (Å²) in [4.78, 5) is 13.9. The first kappa shape index (κ1) is 11.0. The van der Waals surface area contributed by atoms with Gasteiger partial charge in [-0.2, -0.15) is 5.10 Å². The van der Waals surface area contributed by atoms with Gasteiger partial charge in [0.25, 0.3) is 5.91 Å². The summed E-state index contributed by atoms with van der Waals surface area (Å²) in [5, 5.41) is 6.43. The number of carbonyl (C=O) groups excluding carboxylic acids is 1. The van der Waals surface area contributed by atoms with Crippen molar-refractivity contribution >= 4 is 11.7 Å². The molecule has 1 fully saturated rings. The highest BCUT2D eigenvalue weighted by Gasteiger charge is 2.27. The van der Waals surface area contributed by atoms with Crippen LogP contribution in [0.1, 0.15) is 36.7 Å². The number of carbonyl (C=O) groups is 1. The summed E-state index contributed by atoms with van der Waals surface area (Å²) in [6, 6.07) is 1.59. The van der Waals surface area contributed by atoms with Gasteiger partial charge in [-0.3, -0.25) is 9.89 Å². The summed E-state index contributed by atoms with van der Waals surface area (Å²) in [6.07, 6.45) is 3.50. The lowest BCUT2D eigenvalue weighted by molar-refractivity contribution is 0.0780. The Labute approximate surface area is 95.0 Å². The molecule has 5 heteroatoms. The summed E-state index contributed by atoms with van der Waals surface area (Å²) in [6.45, 7) is 3.90. The van der Waals surface area contributed by atoms with E-state index in [-0.39, 0.29) is 5.91 Å². The Hall–Kier alpha value is -1.52. The van der Waals surface area contributed by atoms with E-state index in [1.165, 1.54) is 12.8 Å². The number of likely N-dealkylation sites (tertiary alicyclic amines) is 1. The third-order valence-electron chi connectivity index (χ3n) is 3.10. The van der Waals surface area contributed by atoms with Gasteiger partial charge in [0.2, 0.25) is 0 Å². The molecule has 0 aliphatic carbocycles. The fourth-order valence-electron chi connectivity index (χ4n) is 2.28. The minimum absolute atomic E-state index is 0.0165. The molecule has 0 saturated carbocycles. The van der Waals surface area contributed by atoms with Gasteiger partial charge in [-0.05, 0) is 18.8 Å². The van der Waals surface area contributed by atoms with Crippen molar-refractivity contribution in [3.63, 3.8) is 0 Å². The monoisotopic (exact) mass is 222 g/mol. The predicted molar refractivity (Wildman–Crippen MR) is 61.9 cm³/mol. The Morgan fingerprint density at radius 2 is 2.56 bits per heavy atom. The van der Waals surface area contributed by atoms with Gasteiger partial charge in [-0.25, -0.2) is 0 Å². The molecular formula is C11H18N4O. The third-order valence-corrected chi connectivity index (χ3v) is 3.10. The molecule has 0 radical (unpaired) electrons. The van der Waals surface area contributed by atoms with Crippen LogP contribution in [0.3, 0.4) is 0 Å². The van der Waals surface area contributed by atoms with Crippen LogP contribution < -0.4 is 5.73 Å². The smallest absolute Gasteiger partial charge is 0.271 e. The number of H-pyrrole nitrogens is 1. The minimum atomic E-state index is 0.0165.